The van der Waals surface area contributed by atoms with Crippen LogP contribution in [0.15, 0.2) is 48.8 Å². The molecule has 29 heavy (non-hydrogen) atoms. The molecule has 4 heterocycles. The first kappa shape index (κ1) is 17.1. The van der Waals surface area contributed by atoms with Gasteiger partial charge in [0.2, 0.25) is 0 Å². The quantitative estimate of drug-likeness (QED) is 0.396. The standard InChI is InChI=1S/C20H17N5O4/c1-29-12-5-4-11-9-25(17(26)13(11)7-12)10-20(18(27)23-19(28)24-20)16-8-15-14(22-16)3-2-6-21-15/h2-9,22,26H,10H2,1H3,(H2,23,24,27,28)/t20-/m0/s1. The molecule has 9 heteroatoms. The normalized spacial score (nSPS) is 18.9. The predicted octanol–water partition coefficient (Wildman–Crippen LogP) is 1.97. The van der Waals surface area contributed by atoms with Gasteiger partial charge in [-0.25, -0.2) is 4.79 Å². The number of aromatic amines is 1. The Balaban J connectivity index is 1.65. The number of aromatic nitrogens is 3. The van der Waals surface area contributed by atoms with E-state index in [2.05, 4.69) is 20.6 Å². The fraction of sp³-hybridized carbons (Fsp3) is 0.150. The van der Waals surface area contributed by atoms with Gasteiger partial charge in [0.15, 0.2) is 11.4 Å². The first-order valence-corrected chi connectivity index (χ1v) is 8.94. The summed E-state index contributed by atoms with van der Waals surface area (Å²) in [7, 11) is 1.55. The number of urea groups is 1. The van der Waals surface area contributed by atoms with Crippen molar-refractivity contribution in [3.8, 4) is 11.6 Å². The topological polar surface area (TPSA) is 121 Å². The number of amides is 3. The van der Waals surface area contributed by atoms with Gasteiger partial charge in [0, 0.05) is 23.2 Å². The number of nitrogens with one attached hydrogen (secondary N) is 3. The lowest BCUT2D eigenvalue weighted by Crippen LogP contribution is -2.47. The summed E-state index contributed by atoms with van der Waals surface area (Å²) in [4.78, 5) is 32.3. The lowest BCUT2D eigenvalue weighted by atomic mass is 9.95. The Bertz CT molecular complexity index is 1260. The van der Waals surface area contributed by atoms with Crippen molar-refractivity contribution in [2.45, 2.75) is 12.1 Å². The molecule has 1 aromatic carbocycles. The molecule has 5 rings (SSSR count). The van der Waals surface area contributed by atoms with Gasteiger partial charge in [-0.3, -0.25) is 15.1 Å². The molecule has 1 saturated heterocycles. The van der Waals surface area contributed by atoms with Crippen molar-refractivity contribution in [3.05, 3.63) is 54.5 Å². The number of ether oxygens (including phenoxy) is 1. The maximum atomic E-state index is 12.9. The molecule has 0 bridgehead atoms. The molecule has 0 radical (unpaired) electrons. The minimum atomic E-state index is -1.42. The largest absolute Gasteiger partial charge is 0.497 e. The molecule has 0 aliphatic carbocycles. The minimum Gasteiger partial charge on any atom is -0.497 e. The van der Waals surface area contributed by atoms with E-state index in [4.69, 9.17) is 4.74 Å². The first-order valence-electron chi connectivity index (χ1n) is 8.94. The summed E-state index contributed by atoms with van der Waals surface area (Å²) in [6.07, 6.45) is 3.38. The van der Waals surface area contributed by atoms with E-state index in [1.807, 2.05) is 12.1 Å². The van der Waals surface area contributed by atoms with E-state index < -0.39 is 17.5 Å². The predicted molar refractivity (Wildman–Crippen MR) is 105 cm³/mol. The van der Waals surface area contributed by atoms with Gasteiger partial charge in [-0.2, -0.15) is 0 Å². The number of pyridine rings is 1. The van der Waals surface area contributed by atoms with Crippen LogP contribution in [-0.4, -0.2) is 38.7 Å². The van der Waals surface area contributed by atoms with Gasteiger partial charge in [-0.05, 0) is 36.4 Å². The zero-order valence-electron chi connectivity index (χ0n) is 15.4. The van der Waals surface area contributed by atoms with E-state index in [1.165, 1.54) is 4.57 Å². The zero-order chi connectivity index (χ0) is 20.2. The number of carbonyl (C=O) groups excluding carboxylic acids is 2. The van der Waals surface area contributed by atoms with Crippen LogP contribution in [0.1, 0.15) is 5.69 Å². The average Bonchev–Trinajstić information content (AvgIpc) is 3.36. The average molecular weight is 391 g/mol. The van der Waals surface area contributed by atoms with Gasteiger partial charge in [0.1, 0.15) is 5.75 Å². The van der Waals surface area contributed by atoms with Crippen molar-refractivity contribution < 1.29 is 19.4 Å². The van der Waals surface area contributed by atoms with Crippen molar-refractivity contribution in [3.63, 3.8) is 0 Å². The summed E-state index contributed by atoms with van der Waals surface area (Å²) in [6, 6.07) is 10.1. The van der Waals surface area contributed by atoms with Gasteiger partial charge in [-0.1, -0.05) is 0 Å². The van der Waals surface area contributed by atoms with Crippen molar-refractivity contribution in [2.75, 3.05) is 7.11 Å². The Morgan fingerprint density at radius 2 is 2.10 bits per heavy atom. The number of hydrogen-bond acceptors (Lipinski definition) is 5. The molecule has 1 atom stereocenters. The second kappa shape index (κ2) is 5.99. The second-order valence-electron chi connectivity index (χ2n) is 6.97. The third kappa shape index (κ3) is 2.51. The van der Waals surface area contributed by atoms with Gasteiger partial charge in [-0.15, -0.1) is 0 Å². The number of nitrogens with zero attached hydrogens (tertiary/aromatic N) is 2. The highest BCUT2D eigenvalue weighted by Crippen LogP contribution is 2.35. The molecule has 4 N–H and O–H groups in total. The van der Waals surface area contributed by atoms with Crippen LogP contribution in [0.3, 0.4) is 0 Å². The van der Waals surface area contributed by atoms with E-state index in [9.17, 15) is 14.7 Å². The van der Waals surface area contributed by atoms with Crippen molar-refractivity contribution in [2.24, 2.45) is 0 Å². The number of fused-ring (bicyclic) bond motifs is 2. The van der Waals surface area contributed by atoms with Crippen LogP contribution in [-0.2, 0) is 16.9 Å². The summed E-state index contributed by atoms with van der Waals surface area (Å²) in [5, 5.41) is 17.1. The summed E-state index contributed by atoms with van der Waals surface area (Å²) in [5.41, 5.74) is 0.461. The van der Waals surface area contributed by atoms with Crippen molar-refractivity contribution in [1.82, 2.24) is 25.2 Å². The minimum absolute atomic E-state index is 0.0137. The van der Waals surface area contributed by atoms with Crippen molar-refractivity contribution in [1.29, 1.82) is 0 Å². The van der Waals surface area contributed by atoms with Gasteiger partial charge in [0.05, 0.1) is 30.4 Å². The highest BCUT2D eigenvalue weighted by Gasteiger charge is 2.49. The third-order valence-corrected chi connectivity index (χ3v) is 5.27. The maximum Gasteiger partial charge on any atom is 0.322 e. The summed E-state index contributed by atoms with van der Waals surface area (Å²) < 4.78 is 6.76. The monoisotopic (exact) mass is 391 g/mol. The van der Waals surface area contributed by atoms with Crippen molar-refractivity contribution >= 4 is 33.7 Å². The molecular weight excluding hydrogens is 374 g/mol. The third-order valence-electron chi connectivity index (χ3n) is 5.27. The molecule has 3 aromatic heterocycles. The molecular formula is C20H17N5O4. The molecule has 4 aromatic rings. The number of rotatable bonds is 4. The van der Waals surface area contributed by atoms with E-state index in [1.54, 1.807) is 43.8 Å². The summed E-state index contributed by atoms with van der Waals surface area (Å²) in [6.45, 7) is -0.0137. The SMILES string of the molecule is COc1ccc2cn(C[C@@]3(c4cc5ncccc5[nH]4)NC(=O)NC3=O)c(O)c2c1. The summed E-state index contributed by atoms with van der Waals surface area (Å²) >= 11 is 0. The molecule has 0 saturated carbocycles. The maximum absolute atomic E-state index is 12.9. The number of methoxy groups -OCH3 is 1. The molecule has 9 nitrogen and oxygen atoms in total. The highest BCUT2D eigenvalue weighted by molar-refractivity contribution is 6.07. The molecule has 1 aliphatic heterocycles. The van der Waals surface area contributed by atoms with Crippen LogP contribution in [0, 0.1) is 0 Å². The molecule has 0 spiro atoms. The van der Waals surface area contributed by atoms with Crippen LogP contribution in [0.25, 0.3) is 21.8 Å². The van der Waals surface area contributed by atoms with Crippen LogP contribution in [0.2, 0.25) is 0 Å². The highest BCUT2D eigenvalue weighted by atomic mass is 16.5. The Hall–Kier alpha value is -4.01. The van der Waals surface area contributed by atoms with E-state index in [0.29, 0.717) is 22.3 Å². The zero-order valence-corrected chi connectivity index (χ0v) is 15.4. The Morgan fingerprint density at radius 3 is 2.83 bits per heavy atom. The molecule has 1 fully saturated rings. The van der Waals surface area contributed by atoms with Gasteiger partial charge < -0.3 is 24.7 Å². The Kier molecular flexibility index (Phi) is 3.54. The molecule has 0 unspecified atom stereocenters. The van der Waals surface area contributed by atoms with Crippen LogP contribution >= 0.6 is 0 Å². The molecule has 146 valence electrons. The Morgan fingerprint density at radius 1 is 1.24 bits per heavy atom. The number of imide groups is 1. The number of hydrogen-bond donors (Lipinski definition) is 4. The number of aromatic hydroxyl groups is 1. The fourth-order valence-electron chi connectivity index (χ4n) is 3.79. The first-order chi connectivity index (χ1) is 14.0. The van der Waals surface area contributed by atoms with E-state index >= 15 is 0 Å². The van der Waals surface area contributed by atoms with Crippen LogP contribution < -0.4 is 15.4 Å². The smallest absolute Gasteiger partial charge is 0.322 e. The lowest BCUT2D eigenvalue weighted by Gasteiger charge is -2.25. The fourth-order valence-corrected chi connectivity index (χ4v) is 3.79. The van der Waals surface area contributed by atoms with Gasteiger partial charge in [0.25, 0.3) is 5.91 Å². The molecule has 3 amide bonds. The van der Waals surface area contributed by atoms with Crippen LogP contribution in [0.5, 0.6) is 11.6 Å². The Labute approximate surface area is 164 Å². The van der Waals surface area contributed by atoms with Crippen LogP contribution in [0.4, 0.5) is 4.79 Å². The molecule has 1 aliphatic rings. The van der Waals surface area contributed by atoms with E-state index in [-0.39, 0.29) is 12.4 Å². The van der Waals surface area contributed by atoms with Gasteiger partial charge >= 0.3 is 6.03 Å². The number of carbonyl (C=O) groups is 2. The number of H-pyrrole nitrogens is 1. The second-order valence-corrected chi connectivity index (χ2v) is 6.97. The summed E-state index contributed by atoms with van der Waals surface area (Å²) in [5.74, 6) is 0.0686. The lowest BCUT2D eigenvalue weighted by molar-refractivity contribution is -0.124. The van der Waals surface area contributed by atoms with E-state index in [0.717, 1.165) is 10.9 Å². The number of benzene rings is 1.